The van der Waals surface area contributed by atoms with Crippen molar-refractivity contribution in [2.45, 2.75) is 30.2 Å². The number of anilines is 1. The van der Waals surface area contributed by atoms with Gasteiger partial charge in [0.1, 0.15) is 6.54 Å². The van der Waals surface area contributed by atoms with Crippen molar-refractivity contribution in [3.8, 4) is 0 Å². The molecule has 0 aliphatic rings. The lowest BCUT2D eigenvalue weighted by Gasteiger charge is -2.14. The molecule has 2 aromatic carbocycles. The third kappa shape index (κ3) is 5.57. The van der Waals surface area contributed by atoms with Crippen LogP contribution >= 0.6 is 11.8 Å². The number of ether oxygens (including phenoxy) is 1. The van der Waals surface area contributed by atoms with Gasteiger partial charge in [0.2, 0.25) is 0 Å². The maximum absolute atomic E-state index is 12.4. The molecule has 0 saturated heterocycles. The number of halogens is 2. The van der Waals surface area contributed by atoms with Crippen molar-refractivity contribution < 1.29 is 23.1 Å². The number of thioether (sulfide) groups is 1. The number of amides is 1. The summed E-state index contributed by atoms with van der Waals surface area (Å²) in [4.78, 5) is 49.2. The predicted molar refractivity (Wildman–Crippen MR) is 111 cm³/mol. The Balaban J connectivity index is 1.62. The lowest BCUT2D eigenvalue weighted by atomic mass is 10.2. The van der Waals surface area contributed by atoms with Gasteiger partial charge in [-0.1, -0.05) is 23.9 Å². The lowest BCUT2D eigenvalue weighted by Crippen LogP contribution is -2.35. The van der Waals surface area contributed by atoms with Crippen LogP contribution < -0.4 is 16.4 Å². The molecule has 1 aromatic heterocycles. The van der Waals surface area contributed by atoms with Gasteiger partial charge in [-0.05, 0) is 43.3 Å². The highest BCUT2D eigenvalue weighted by molar-refractivity contribution is 7.99. The topological polar surface area (TPSA) is 110 Å². The van der Waals surface area contributed by atoms with Crippen molar-refractivity contribution in [2.24, 2.45) is 0 Å². The van der Waals surface area contributed by atoms with Crippen LogP contribution in [0.4, 0.5) is 14.5 Å². The molecule has 0 bridgehead atoms. The summed E-state index contributed by atoms with van der Waals surface area (Å²) >= 11 is 0.376. The number of aromatic amines is 1. The van der Waals surface area contributed by atoms with E-state index in [1.165, 1.54) is 43.3 Å². The van der Waals surface area contributed by atoms with E-state index >= 15 is 0 Å². The zero-order valence-corrected chi connectivity index (χ0v) is 16.9. The van der Waals surface area contributed by atoms with Gasteiger partial charge in [0, 0.05) is 10.6 Å². The summed E-state index contributed by atoms with van der Waals surface area (Å²) in [5.41, 5.74) is -0.783. The predicted octanol–water partition coefficient (Wildman–Crippen LogP) is 2.57. The molecule has 1 amide bonds. The monoisotopic (exact) mass is 449 g/mol. The van der Waals surface area contributed by atoms with Gasteiger partial charge in [-0.15, -0.1) is 0 Å². The molecular weight excluding hydrogens is 432 g/mol. The van der Waals surface area contributed by atoms with Gasteiger partial charge >= 0.3 is 5.97 Å². The molecule has 2 N–H and O–H groups in total. The molecule has 3 aromatic rings. The number of carbonyl (C=O) groups is 2. The van der Waals surface area contributed by atoms with Gasteiger partial charge in [-0.2, -0.15) is 8.78 Å². The van der Waals surface area contributed by atoms with Crippen LogP contribution in [-0.4, -0.2) is 33.5 Å². The Hall–Kier alpha value is -3.47. The Labute approximate surface area is 178 Å². The van der Waals surface area contributed by atoms with Crippen molar-refractivity contribution in [1.29, 1.82) is 0 Å². The highest BCUT2D eigenvalue weighted by Gasteiger charge is 2.19. The van der Waals surface area contributed by atoms with Crippen LogP contribution in [0.25, 0.3) is 10.8 Å². The van der Waals surface area contributed by atoms with E-state index in [2.05, 4.69) is 10.4 Å². The van der Waals surface area contributed by atoms with Gasteiger partial charge in [0.05, 0.1) is 10.8 Å². The third-order valence-corrected chi connectivity index (χ3v) is 4.92. The molecule has 1 unspecified atom stereocenters. The lowest BCUT2D eigenvalue weighted by molar-refractivity contribution is -0.154. The zero-order valence-electron chi connectivity index (χ0n) is 16.1. The van der Waals surface area contributed by atoms with E-state index in [0.29, 0.717) is 22.3 Å². The summed E-state index contributed by atoms with van der Waals surface area (Å²) < 4.78 is 30.5. The summed E-state index contributed by atoms with van der Waals surface area (Å²) in [6.45, 7) is 0.746. The third-order valence-electron chi connectivity index (χ3n) is 4.20. The number of carbonyl (C=O) groups excluding carboxylic acids is 2. The van der Waals surface area contributed by atoms with Gasteiger partial charge in [-0.3, -0.25) is 24.3 Å². The first-order chi connectivity index (χ1) is 14.7. The average Bonchev–Trinajstić information content (AvgIpc) is 2.72. The molecular formula is C20H17F2N3O5S. The second-order valence-corrected chi connectivity index (χ2v) is 7.47. The van der Waals surface area contributed by atoms with Gasteiger partial charge < -0.3 is 10.1 Å². The summed E-state index contributed by atoms with van der Waals surface area (Å²) in [5, 5.41) is 5.15. The number of nitrogens with one attached hydrogen (secondary N) is 2. The van der Waals surface area contributed by atoms with E-state index in [4.69, 9.17) is 4.74 Å². The standard InChI is InChI=1S/C20H17F2N3O5S/c1-11(17(27)23-12-6-8-13(9-7-12)31-20(21)22)30-16(26)10-25-19(29)15-5-3-2-4-14(15)18(28)24-25/h2-9,11,20H,10H2,1H3,(H,23,27)(H,24,28). The average molecular weight is 449 g/mol. The number of esters is 1. The molecule has 3 rings (SSSR count). The molecule has 0 spiro atoms. The van der Waals surface area contributed by atoms with E-state index in [1.54, 1.807) is 12.1 Å². The number of benzene rings is 2. The maximum Gasteiger partial charge on any atom is 0.328 e. The van der Waals surface area contributed by atoms with Crippen LogP contribution in [0.15, 0.2) is 63.0 Å². The second-order valence-electron chi connectivity index (χ2n) is 6.40. The molecule has 1 heterocycles. The van der Waals surface area contributed by atoms with Crippen molar-refractivity contribution >= 4 is 40.1 Å². The first-order valence-electron chi connectivity index (χ1n) is 9.01. The van der Waals surface area contributed by atoms with Gasteiger partial charge in [0.15, 0.2) is 6.10 Å². The minimum Gasteiger partial charge on any atom is -0.451 e. The molecule has 0 aliphatic carbocycles. The van der Waals surface area contributed by atoms with Crippen LogP contribution in [0.5, 0.6) is 0 Å². The van der Waals surface area contributed by atoms with E-state index in [1.807, 2.05) is 0 Å². The maximum atomic E-state index is 12.4. The molecule has 8 nitrogen and oxygen atoms in total. The highest BCUT2D eigenvalue weighted by atomic mass is 32.2. The van der Waals surface area contributed by atoms with Crippen LogP contribution in [0.2, 0.25) is 0 Å². The van der Waals surface area contributed by atoms with E-state index in [-0.39, 0.29) is 10.8 Å². The fraction of sp³-hybridized carbons (Fsp3) is 0.200. The Morgan fingerprint density at radius 2 is 1.74 bits per heavy atom. The molecule has 0 saturated carbocycles. The zero-order chi connectivity index (χ0) is 22.5. The summed E-state index contributed by atoms with van der Waals surface area (Å²) in [6, 6.07) is 11.9. The number of nitrogens with zero attached hydrogens (tertiary/aromatic N) is 1. The van der Waals surface area contributed by atoms with Crippen LogP contribution in [0.3, 0.4) is 0 Å². The largest absolute Gasteiger partial charge is 0.451 e. The van der Waals surface area contributed by atoms with E-state index in [0.717, 1.165) is 4.68 Å². The quantitative estimate of drug-likeness (QED) is 0.424. The van der Waals surface area contributed by atoms with Gasteiger partial charge in [-0.25, -0.2) is 4.68 Å². The van der Waals surface area contributed by atoms with Crippen molar-refractivity contribution in [3.05, 3.63) is 69.2 Å². The summed E-state index contributed by atoms with van der Waals surface area (Å²) in [5.74, 6) is -4.11. The molecule has 0 aliphatic heterocycles. The number of alkyl halides is 2. The van der Waals surface area contributed by atoms with Gasteiger partial charge in [0.25, 0.3) is 22.8 Å². The molecule has 0 fully saturated rings. The molecule has 162 valence electrons. The van der Waals surface area contributed by atoms with Crippen LogP contribution in [0.1, 0.15) is 6.92 Å². The Bertz CT molecular complexity index is 1220. The number of fused-ring (bicyclic) bond motifs is 1. The van der Waals surface area contributed by atoms with E-state index in [9.17, 15) is 28.0 Å². The molecule has 31 heavy (non-hydrogen) atoms. The number of hydrogen-bond acceptors (Lipinski definition) is 6. The van der Waals surface area contributed by atoms with Crippen molar-refractivity contribution in [2.75, 3.05) is 5.32 Å². The molecule has 1 atom stereocenters. The normalized spacial score (nSPS) is 12.0. The number of hydrogen-bond donors (Lipinski definition) is 2. The second kappa shape index (κ2) is 9.56. The van der Waals surface area contributed by atoms with Crippen LogP contribution in [0, 0.1) is 0 Å². The highest BCUT2D eigenvalue weighted by Crippen LogP contribution is 2.26. The summed E-state index contributed by atoms with van der Waals surface area (Å²) in [6.07, 6.45) is -1.20. The van der Waals surface area contributed by atoms with Crippen molar-refractivity contribution in [1.82, 2.24) is 9.78 Å². The SMILES string of the molecule is CC(OC(=O)Cn1[nH]c(=O)c2ccccc2c1=O)C(=O)Nc1ccc(SC(F)F)cc1. The Kier molecular flexibility index (Phi) is 6.85. The van der Waals surface area contributed by atoms with Crippen molar-refractivity contribution in [3.63, 3.8) is 0 Å². The summed E-state index contributed by atoms with van der Waals surface area (Å²) in [7, 11) is 0. The Morgan fingerprint density at radius 1 is 1.10 bits per heavy atom. The number of rotatable bonds is 7. The van der Waals surface area contributed by atoms with E-state index < -0.39 is 41.4 Å². The first-order valence-corrected chi connectivity index (χ1v) is 9.89. The first kappa shape index (κ1) is 22.2. The fourth-order valence-electron chi connectivity index (χ4n) is 2.74. The minimum absolute atomic E-state index is 0.151. The molecule has 0 radical (unpaired) electrons. The Morgan fingerprint density at radius 3 is 2.39 bits per heavy atom. The van der Waals surface area contributed by atoms with Crippen LogP contribution in [-0.2, 0) is 20.9 Å². The number of aromatic nitrogens is 2. The smallest absolute Gasteiger partial charge is 0.328 e. The minimum atomic E-state index is -2.55. The molecule has 11 heteroatoms. The fourth-order valence-corrected chi connectivity index (χ4v) is 3.24. The number of H-pyrrole nitrogens is 1.